The first-order chi connectivity index (χ1) is 13.0. The molecule has 0 aliphatic carbocycles. The van der Waals surface area contributed by atoms with Gasteiger partial charge in [-0.25, -0.2) is 5.43 Å². The van der Waals surface area contributed by atoms with Gasteiger partial charge in [0.2, 0.25) is 0 Å². The number of carbonyl (C=O) groups excluding carboxylic acids is 1. The van der Waals surface area contributed by atoms with Gasteiger partial charge in [-0.15, -0.1) is 0 Å². The zero-order chi connectivity index (χ0) is 19.1. The molecular weight excluding hydrogens is 366 g/mol. The Morgan fingerprint density at radius 1 is 1.00 bits per heavy atom. The number of hydrazone groups is 1. The first kappa shape index (κ1) is 18.3. The van der Waals surface area contributed by atoms with Gasteiger partial charge in [-0.05, 0) is 54.1 Å². The Morgan fingerprint density at radius 2 is 1.74 bits per heavy atom. The van der Waals surface area contributed by atoms with Crippen LogP contribution in [0.2, 0.25) is 0 Å². The summed E-state index contributed by atoms with van der Waals surface area (Å²) in [4.78, 5) is 15.8. The summed E-state index contributed by atoms with van der Waals surface area (Å²) in [5, 5.41) is 3.86. The number of benzene rings is 2. The van der Waals surface area contributed by atoms with E-state index in [9.17, 15) is 13.2 Å². The van der Waals surface area contributed by atoms with Crippen LogP contribution in [-0.2, 0) is 10.1 Å². The van der Waals surface area contributed by atoms with Crippen molar-refractivity contribution in [2.24, 2.45) is 5.10 Å². The zero-order valence-electron chi connectivity index (χ0n) is 14.0. The molecule has 0 radical (unpaired) electrons. The summed E-state index contributed by atoms with van der Waals surface area (Å²) in [6.07, 6.45) is 4.44. The minimum atomic E-state index is -3.88. The molecule has 0 saturated carbocycles. The van der Waals surface area contributed by atoms with Gasteiger partial charge in [0.1, 0.15) is 10.6 Å². The molecule has 136 valence electrons. The number of hydrogen-bond donors (Lipinski definition) is 1. The molecular formula is C19H15N3O4S. The highest BCUT2D eigenvalue weighted by Crippen LogP contribution is 2.18. The molecule has 0 fully saturated rings. The summed E-state index contributed by atoms with van der Waals surface area (Å²) in [6, 6.07) is 17.4. The van der Waals surface area contributed by atoms with E-state index in [1.807, 2.05) is 0 Å². The third kappa shape index (κ3) is 4.99. The molecule has 1 amide bonds. The van der Waals surface area contributed by atoms with Crippen LogP contribution < -0.4 is 9.61 Å². The number of carbonyl (C=O) groups is 1. The number of pyridine rings is 1. The quantitative estimate of drug-likeness (QED) is 0.402. The van der Waals surface area contributed by atoms with E-state index in [1.165, 1.54) is 36.7 Å². The fraction of sp³-hybridized carbons (Fsp3) is 0. The Balaban J connectivity index is 1.61. The summed E-state index contributed by atoms with van der Waals surface area (Å²) >= 11 is 0. The normalized spacial score (nSPS) is 11.3. The van der Waals surface area contributed by atoms with Crippen molar-refractivity contribution < 1.29 is 17.4 Å². The van der Waals surface area contributed by atoms with E-state index in [0.29, 0.717) is 11.1 Å². The van der Waals surface area contributed by atoms with Crippen LogP contribution >= 0.6 is 0 Å². The highest BCUT2D eigenvalue weighted by molar-refractivity contribution is 7.87. The lowest BCUT2D eigenvalue weighted by molar-refractivity contribution is 0.0954. The molecule has 27 heavy (non-hydrogen) atoms. The lowest BCUT2D eigenvalue weighted by atomic mass is 10.2. The van der Waals surface area contributed by atoms with Crippen molar-refractivity contribution in [1.29, 1.82) is 0 Å². The van der Waals surface area contributed by atoms with Crippen molar-refractivity contribution in [3.8, 4) is 5.75 Å². The van der Waals surface area contributed by atoms with Crippen LogP contribution in [0.3, 0.4) is 0 Å². The topological polar surface area (TPSA) is 97.7 Å². The fourth-order valence-electron chi connectivity index (χ4n) is 2.10. The Labute approximate surface area is 156 Å². The van der Waals surface area contributed by atoms with Gasteiger partial charge in [0.15, 0.2) is 0 Å². The van der Waals surface area contributed by atoms with Crippen molar-refractivity contribution in [1.82, 2.24) is 10.4 Å². The molecule has 3 rings (SSSR count). The second kappa shape index (κ2) is 8.24. The maximum Gasteiger partial charge on any atom is 0.339 e. The SMILES string of the molecule is O=C(N/N=C/c1ccc(OS(=O)(=O)c2ccccc2)cc1)c1cccnc1. The van der Waals surface area contributed by atoms with E-state index in [2.05, 4.69) is 15.5 Å². The summed E-state index contributed by atoms with van der Waals surface area (Å²) in [5.74, 6) is -0.205. The Morgan fingerprint density at radius 3 is 2.41 bits per heavy atom. The van der Waals surface area contributed by atoms with Crippen LogP contribution in [-0.4, -0.2) is 25.5 Å². The smallest absolute Gasteiger partial charge is 0.339 e. The van der Waals surface area contributed by atoms with Crippen LogP contribution in [0, 0.1) is 0 Å². The van der Waals surface area contributed by atoms with Gasteiger partial charge in [0, 0.05) is 12.4 Å². The van der Waals surface area contributed by atoms with Crippen molar-refractivity contribution >= 4 is 22.2 Å². The number of hydrogen-bond acceptors (Lipinski definition) is 6. The maximum absolute atomic E-state index is 12.2. The van der Waals surface area contributed by atoms with Gasteiger partial charge >= 0.3 is 10.1 Å². The molecule has 1 aromatic heterocycles. The van der Waals surface area contributed by atoms with Crippen molar-refractivity contribution in [2.45, 2.75) is 4.90 Å². The predicted molar refractivity (Wildman–Crippen MR) is 100.0 cm³/mol. The number of rotatable bonds is 6. The van der Waals surface area contributed by atoms with Crippen LogP contribution in [0.4, 0.5) is 0 Å². The lowest BCUT2D eigenvalue weighted by Crippen LogP contribution is -2.17. The van der Waals surface area contributed by atoms with Crippen LogP contribution in [0.15, 0.2) is 89.1 Å². The number of nitrogens with one attached hydrogen (secondary N) is 1. The lowest BCUT2D eigenvalue weighted by Gasteiger charge is -2.06. The third-order valence-corrected chi connectivity index (χ3v) is 4.68. The van der Waals surface area contributed by atoms with Crippen molar-refractivity contribution in [3.63, 3.8) is 0 Å². The number of nitrogens with zero attached hydrogens (tertiary/aromatic N) is 2. The molecule has 0 aliphatic rings. The van der Waals surface area contributed by atoms with Gasteiger partial charge in [-0.3, -0.25) is 9.78 Å². The van der Waals surface area contributed by atoms with Gasteiger partial charge in [0.05, 0.1) is 11.8 Å². The van der Waals surface area contributed by atoms with Crippen molar-refractivity contribution in [3.05, 3.63) is 90.3 Å². The molecule has 0 spiro atoms. The zero-order valence-corrected chi connectivity index (χ0v) is 14.8. The molecule has 0 saturated heterocycles. The molecule has 8 heteroatoms. The van der Waals surface area contributed by atoms with Gasteiger partial charge in [-0.2, -0.15) is 13.5 Å². The predicted octanol–water partition coefficient (Wildman–Crippen LogP) is 2.61. The fourth-order valence-corrected chi connectivity index (χ4v) is 3.05. The molecule has 0 atom stereocenters. The van der Waals surface area contributed by atoms with Crippen molar-refractivity contribution in [2.75, 3.05) is 0 Å². The van der Waals surface area contributed by atoms with E-state index >= 15 is 0 Å². The van der Waals surface area contributed by atoms with E-state index in [1.54, 1.807) is 48.7 Å². The molecule has 0 unspecified atom stereocenters. The van der Waals surface area contributed by atoms with E-state index in [-0.39, 0.29) is 16.6 Å². The molecule has 2 aromatic carbocycles. The Kier molecular flexibility index (Phi) is 5.58. The van der Waals surface area contributed by atoms with Gasteiger partial charge in [0.25, 0.3) is 5.91 Å². The average molecular weight is 381 g/mol. The van der Waals surface area contributed by atoms with Crippen LogP contribution in [0.1, 0.15) is 15.9 Å². The first-order valence-corrected chi connectivity index (χ1v) is 9.28. The molecule has 7 nitrogen and oxygen atoms in total. The highest BCUT2D eigenvalue weighted by Gasteiger charge is 2.15. The summed E-state index contributed by atoms with van der Waals surface area (Å²) in [5.41, 5.74) is 3.44. The minimum absolute atomic E-state index is 0.0775. The molecule has 0 aliphatic heterocycles. The van der Waals surface area contributed by atoms with Crippen LogP contribution in [0.5, 0.6) is 5.75 Å². The Bertz CT molecular complexity index is 1040. The first-order valence-electron chi connectivity index (χ1n) is 7.88. The second-order valence-electron chi connectivity index (χ2n) is 5.36. The summed E-state index contributed by atoms with van der Waals surface area (Å²) in [6.45, 7) is 0. The monoisotopic (exact) mass is 381 g/mol. The minimum Gasteiger partial charge on any atom is -0.379 e. The summed E-state index contributed by atoms with van der Waals surface area (Å²) in [7, 11) is -3.88. The number of amides is 1. The van der Waals surface area contributed by atoms with Gasteiger partial charge in [-0.1, -0.05) is 18.2 Å². The standard InChI is InChI=1S/C19H15N3O4S/c23-19(16-5-4-12-20-14-16)22-21-13-15-8-10-17(11-9-15)26-27(24,25)18-6-2-1-3-7-18/h1-14H,(H,22,23)/b21-13+. The Hall–Kier alpha value is -3.52. The second-order valence-corrected chi connectivity index (χ2v) is 6.91. The average Bonchev–Trinajstić information content (AvgIpc) is 2.70. The van der Waals surface area contributed by atoms with Crippen LogP contribution in [0.25, 0.3) is 0 Å². The van der Waals surface area contributed by atoms with Gasteiger partial charge < -0.3 is 4.18 Å². The third-order valence-electron chi connectivity index (χ3n) is 3.42. The molecule has 0 bridgehead atoms. The number of aromatic nitrogens is 1. The molecule has 3 aromatic rings. The summed E-state index contributed by atoms with van der Waals surface area (Å²) < 4.78 is 29.4. The van der Waals surface area contributed by atoms with E-state index < -0.39 is 10.1 Å². The highest BCUT2D eigenvalue weighted by atomic mass is 32.2. The molecule has 1 N–H and O–H groups in total. The van der Waals surface area contributed by atoms with E-state index in [0.717, 1.165) is 0 Å². The molecule has 1 heterocycles. The maximum atomic E-state index is 12.2. The van der Waals surface area contributed by atoms with E-state index in [4.69, 9.17) is 4.18 Å². The largest absolute Gasteiger partial charge is 0.379 e.